The molecule has 1 saturated heterocycles. The second kappa shape index (κ2) is 8.47. The first-order valence-electron chi connectivity index (χ1n) is 10.1. The molecule has 0 unspecified atom stereocenters. The summed E-state index contributed by atoms with van der Waals surface area (Å²) in [5, 5.41) is 12.1. The summed E-state index contributed by atoms with van der Waals surface area (Å²) in [5.74, 6) is -0.167. The van der Waals surface area contributed by atoms with Crippen molar-refractivity contribution in [3.8, 4) is 0 Å². The molecule has 4 rings (SSSR count). The van der Waals surface area contributed by atoms with Crippen LogP contribution < -0.4 is 11.1 Å². The molecule has 1 aliphatic heterocycles. The van der Waals surface area contributed by atoms with Crippen molar-refractivity contribution >= 4 is 33.1 Å². The van der Waals surface area contributed by atoms with Crippen molar-refractivity contribution in [2.45, 2.75) is 46.2 Å². The van der Waals surface area contributed by atoms with E-state index in [0.717, 1.165) is 28.8 Å². The number of rotatable bonds is 5. The number of nitrogens with one attached hydrogen (secondary N) is 1. The molecule has 1 fully saturated rings. The minimum Gasteiger partial charge on any atom is -0.397 e. The van der Waals surface area contributed by atoms with Crippen LogP contribution in [0.5, 0.6) is 0 Å². The number of hydrogen-bond donors (Lipinski definition) is 2. The Labute approximate surface area is 175 Å². The van der Waals surface area contributed by atoms with Crippen molar-refractivity contribution in [1.29, 1.82) is 0 Å². The number of carbonyl (C=O) groups is 1. The molecule has 29 heavy (non-hydrogen) atoms. The number of likely N-dealkylation sites (tertiary alicyclic amines) is 1. The molecule has 1 amide bonds. The fraction of sp³-hybridized carbons (Fsp3) is 0.409. The van der Waals surface area contributed by atoms with Gasteiger partial charge in [-0.25, -0.2) is 0 Å². The number of aromatic nitrogens is 2. The fourth-order valence-corrected chi connectivity index (χ4v) is 4.83. The smallest absolute Gasteiger partial charge is 0.263 e. The summed E-state index contributed by atoms with van der Waals surface area (Å²) >= 11 is 1.30. The van der Waals surface area contributed by atoms with Gasteiger partial charge in [0.2, 0.25) is 0 Å². The van der Waals surface area contributed by atoms with Gasteiger partial charge in [-0.1, -0.05) is 30.7 Å². The van der Waals surface area contributed by atoms with Crippen LogP contribution in [0.4, 0.5) is 5.69 Å². The lowest BCUT2D eigenvalue weighted by molar-refractivity contribution is 0.0956. The topological polar surface area (TPSA) is 84.1 Å². The maximum atomic E-state index is 12.7. The second-order valence-electron chi connectivity index (χ2n) is 7.77. The minimum absolute atomic E-state index is 0.167. The van der Waals surface area contributed by atoms with E-state index >= 15 is 0 Å². The normalized spacial score (nSPS) is 15.0. The predicted octanol–water partition coefficient (Wildman–Crippen LogP) is 3.81. The summed E-state index contributed by atoms with van der Waals surface area (Å²) < 4.78 is 0. The lowest BCUT2D eigenvalue weighted by atomic mass is 10.1. The number of carbonyl (C=O) groups excluding carboxylic acids is 1. The van der Waals surface area contributed by atoms with E-state index in [4.69, 9.17) is 5.73 Å². The molecule has 1 aromatic carbocycles. The number of benzene rings is 1. The zero-order valence-electron chi connectivity index (χ0n) is 17.0. The molecule has 2 aromatic heterocycles. The van der Waals surface area contributed by atoms with Crippen molar-refractivity contribution < 1.29 is 4.79 Å². The summed E-state index contributed by atoms with van der Waals surface area (Å²) in [5.41, 5.74) is 11.0. The van der Waals surface area contributed by atoms with Crippen LogP contribution in [0.3, 0.4) is 0 Å². The number of nitrogen functional groups attached to an aromatic ring is 1. The third-order valence-electron chi connectivity index (χ3n) is 5.67. The van der Waals surface area contributed by atoms with Crippen LogP contribution >= 0.6 is 11.3 Å². The highest BCUT2D eigenvalue weighted by atomic mass is 32.1. The molecular formula is C22H27N5OS. The average Bonchev–Trinajstić information content (AvgIpc) is 3.08. The van der Waals surface area contributed by atoms with E-state index in [1.165, 1.54) is 49.3 Å². The third-order valence-corrected chi connectivity index (χ3v) is 6.76. The summed E-state index contributed by atoms with van der Waals surface area (Å²) in [6.45, 7) is 7.72. The molecule has 6 nitrogen and oxygen atoms in total. The Balaban J connectivity index is 1.40. The Kier molecular flexibility index (Phi) is 5.78. The standard InChI is InChI=1S/C22H27N5OS/c1-14-15(2)25-26-22-18(14)19(23)20(29-22)21(28)24-12-16-6-8-17(9-7-16)13-27-10-4-3-5-11-27/h6-9H,3-5,10-13,23H2,1-2H3,(H,24,28). The SMILES string of the molecule is Cc1nnc2sc(C(=O)NCc3ccc(CN4CCCCC4)cc3)c(N)c2c1C. The number of amides is 1. The van der Waals surface area contributed by atoms with Gasteiger partial charge in [-0.15, -0.1) is 16.4 Å². The molecule has 0 atom stereocenters. The number of aryl methyl sites for hydroxylation is 2. The molecule has 0 radical (unpaired) electrons. The Bertz CT molecular complexity index is 1020. The first-order chi connectivity index (χ1) is 14.0. The Morgan fingerprint density at radius 1 is 1.10 bits per heavy atom. The molecule has 0 aliphatic carbocycles. The fourth-order valence-electron chi connectivity index (χ4n) is 3.81. The zero-order valence-corrected chi connectivity index (χ0v) is 17.8. The molecule has 0 saturated carbocycles. The van der Waals surface area contributed by atoms with E-state index < -0.39 is 0 Å². The van der Waals surface area contributed by atoms with Gasteiger partial charge in [-0.2, -0.15) is 5.10 Å². The maximum absolute atomic E-state index is 12.7. The van der Waals surface area contributed by atoms with Crippen molar-refractivity contribution in [1.82, 2.24) is 20.4 Å². The van der Waals surface area contributed by atoms with Crippen molar-refractivity contribution in [2.24, 2.45) is 0 Å². The number of hydrogen-bond acceptors (Lipinski definition) is 6. The molecule has 0 bridgehead atoms. The molecule has 0 spiro atoms. The van der Waals surface area contributed by atoms with Gasteiger partial charge in [0.25, 0.3) is 5.91 Å². The van der Waals surface area contributed by atoms with Gasteiger partial charge in [0.05, 0.1) is 11.4 Å². The van der Waals surface area contributed by atoms with Gasteiger partial charge in [0.15, 0.2) is 0 Å². The lowest BCUT2D eigenvalue weighted by Gasteiger charge is -2.26. The highest BCUT2D eigenvalue weighted by molar-refractivity contribution is 7.21. The molecule has 3 aromatic rings. The van der Waals surface area contributed by atoms with E-state index in [1.807, 2.05) is 13.8 Å². The Morgan fingerprint density at radius 3 is 2.52 bits per heavy atom. The highest BCUT2D eigenvalue weighted by Gasteiger charge is 2.19. The van der Waals surface area contributed by atoms with E-state index in [0.29, 0.717) is 21.9 Å². The molecule has 1 aliphatic rings. The summed E-state index contributed by atoms with van der Waals surface area (Å²) in [7, 11) is 0. The number of thiophene rings is 1. The van der Waals surface area contributed by atoms with Gasteiger partial charge in [-0.05, 0) is 56.5 Å². The minimum atomic E-state index is -0.167. The van der Waals surface area contributed by atoms with E-state index in [1.54, 1.807) is 0 Å². The van der Waals surface area contributed by atoms with E-state index in [2.05, 4.69) is 44.7 Å². The lowest BCUT2D eigenvalue weighted by Crippen LogP contribution is -2.29. The van der Waals surface area contributed by atoms with Gasteiger partial charge < -0.3 is 11.1 Å². The van der Waals surface area contributed by atoms with Crippen LogP contribution in [0.15, 0.2) is 24.3 Å². The summed E-state index contributed by atoms with van der Waals surface area (Å²) in [6, 6.07) is 8.50. The molecule has 3 heterocycles. The third kappa shape index (κ3) is 4.26. The van der Waals surface area contributed by atoms with Crippen LogP contribution in [-0.4, -0.2) is 34.1 Å². The number of nitrogens with two attached hydrogens (primary N) is 1. The quantitative estimate of drug-likeness (QED) is 0.669. The number of anilines is 1. The van der Waals surface area contributed by atoms with Gasteiger partial charge >= 0.3 is 0 Å². The van der Waals surface area contributed by atoms with Crippen molar-refractivity contribution in [2.75, 3.05) is 18.8 Å². The van der Waals surface area contributed by atoms with Gasteiger partial charge in [0, 0.05) is 18.5 Å². The van der Waals surface area contributed by atoms with Crippen LogP contribution in [0.25, 0.3) is 10.2 Å². The predicted molar refractivity (Wildman–Crippen MR) is 118 cm³/mol. The van der Waals surface area contributed by atoms with Crippen LogP contribution in [0.1, 0.15) is 51.3 Å². The molecule has 7 heteroatoms. The highest BCUT2D eigenvalue weighted by Crippen LogP contribution is 2.34. The van der Waals surface area contributed by atoms with Crippen LogP contribution in [0, 0.1) is 13.8 Å². The average molecular weight is 410 g/mol. The first kappa shape index (κ1) is 19.8. The van der Waals surface area contributed by atoms with Crippen molar-refractivity contribution in [3.63, 3.8) is 0 Å². The Morgan fingerprint density at radius 2 is 1.79 bits per heavy atom. The van der Waals surface area contributed by atoms with Gasteiger partial charge in [-0.3, -0.25) is 9.69 Å². The Hall–Kier alpha value is -2.51. The summed E-state index contributed by atoms with van der Waals surface area (Å²) in [6.07, 6.45) is 3.95. The zero-order chi connectivity index (χ0) is 20.4. The second-order valence-corrected chi connectivity index (χ2v) is 8.77. The van der Waals surface area contributed by atoms with Crippen LogP contribution in [0.2, 0.25) is 0 Å². The van der Waals surface area contributed by atoms with Crippen LogP contribution in [-0.2, 0) is 13.1 Å². The van der Waals surface area contributed by atoms with E-state index in [-0.39, 0.29) is 5.91 Å². The number of piperidine rings is 1. The molecule has 3 N–H and O–H groups in total. The van der Waals surface area contributed by atoms with Crippen molar-refractivity contribution in [3.05, 3.63) is 51.5 Å². The van der Waals surface area contributed by atoms with Gasteiger partial charge in [0.1, 0.15) is 9.71 Å². The maximum Gasteiger partial charge on any atom is 0.263 e. The largest absolute Gasteiger partial charge is 0.397 e. The molecular weight excluding hydrogens is 382 g/mol. The summed E-state index contributed by atoms with van der Waals surface area (Å²) in [4.78, 5) is 16.4. The monoisotopic (exact) mass is 409 g/mol. The number of fused-ring (bicyclic) bond motifs is 1. The number of nitrogens with zero attached hydrogens (tertiary/aromatic N) is 3. The first-order valence-corrected chi connectivity index (χ1v) is 10.9. The molecule has 152 valence electrons. The van der Waals surface area contributed by atoms with E-state index in [9.17, 15) is 4.79 Å².